The van der Waals surface area contributed by atoms with Gasteiger partial charge in [-0.1, -0.05) is 31.5 Å². The van der Waals surface area contributed by atoms with Gasteiger partial charge >= 0.3 is 11.9 Å². The molecule has 0 amide bonds. The van der Waals surface area contributed by atoms with E-state index in [0.717, 1.165) is 26.2 Å². The van der Waals surface area contributed by atoms with Gasteiger partial charge in [-0.3, -0.25) is 14.5 Å². The van der Waals surface area contributed by atoms with E-state index in [1.807, 2.05) is 13.8 Å². The molecule has 0 saturated carbocycles. The van der Waals surface area contributed by atoms with Crippen LogP contribution in [-0.2, 0) is 19.1 Å². The van der Waals surface area contributed by atoms with E-state index in [0.29, 0.717) is 13.0 Å². The summed E-state index contributed by atoms with van der Waals surface area (Å²) in [6.07, 6.45) is 0.278. The topological polar surface area (TPSA) is 59.1 Å². The number of piperazine rings is 1. The lowest BCUT2D eigenvalue weighted by Gasteiger charge is -2.37. The quantitative estimate of drug-likeness (QED) is 0.680. The van der Waals surface area contributed by atoms with Crippen molar-refractivity contribution in [2.45, 2.75) is 47.1 Å². The molecule has 152 valence electrons. The van der Waals surface area contributed by atoms with Gasteiger partial charge in [-0.2, -0.15) is 0 Å². The van der Waals surface area contributed by atoms with E-state index in [4.69, 9.17) is 9.47 Å². The van der Waals surface area contributed by atoms with Crippen LogP contribution >= 0.6 is 0 Å². The predicted octanol–water partition coefficient (Wildman–Crippen LogP) is 3.03. The van der Waals surface area contributed by atoms with Crippen LogP contribution in [0.1, 0.15) is 39.7 Å². The lowest BCUT2D eigenvalue weighted by Crippen LogP contribution is -2.49. The van der Waals surface area contributed by atoms with Gasteiger partial charge in [0.2, 0.25) is 0 Å². The molecule has 27 heavy (non-hydrogen) atoms. The van der Waals surface area contributed by atoms with Crippen LogP contribution in [0.15, 0.2) is 24.3 Å². The van der Waals surface area contributed by atoms with E-state index < -0.39 is 0 Å². The van der Waals surface area contributed by atoms with Crippen molar-refractivity contribution in [1.29, 1.82) is 0 Å². The van der Waals surface area contributed by atoms with Gasteiger partial charge in [0.15, 0.2) is 0 Å². The van der Waals surface area contributed by atoms with Gasteiger partial charge in [0.05, 0.1) is 6.61 Å². The highest BCUT2D eigenvalue weighted by Gasteiger charge is 2.22. The number of hydrogen-bond acceptors (Lipinski definition) is 6. The summed E-state index contributed by atoms with van der Waals surface area (Å²) < 4.78 is 10.3. The van der Waals surface area contributed by atoms with Gasteiger partial charge < -0.3 is 14.4 Å². The minimum Gasteiger partial charge on any atom is -0.466 e. The zero-order chi connectivity index (χ0) is 20.2. The van der Waals surface area contributed by atoms with E-state index in [-0.39, 0.29) is 24.6 Å². The summed E-state index contributed by atoms with van der Waals surface area (Å²) in [5.41, 5.74) is 2.51. The summed E-state index contributed by atoms with van der Waals surface area (Å²) >= 11 is 0. The Balaban J connectivity index is 0.00000176. The Bertz CT molecular complexity index is 566. The number of aryl methyl sites for hydroxylation is 1. The molecule has 6 heteroatoms. The highest BCUT2D eigenvalue weighted by atomic mass is 16.6. The zero-order valence-corrected chi connectivity index (χ0v) is 17.4. The van der Waals surface area contributed by atoms with Crippen LogP contribution in [0, 0.1) is 6.92 Å². The van der Waals surface area contributed by atoms with Crippen LogP contribution in [-0.4, -0.2) is 62.3 Å². The molecule has 1 fully saturated rings. The number of rotatable bonds is 7. The van der Waals surface area contributed by atoms with Gasteiger partial charge in [0, 0.05) is 58.7 Å². The Hall–Kier alpha value is -2.08. The third-order valence-electron chi connectivity index (χ3n) is 4.31. The van der Waals surface area contributed by atoms with Crippen LogP contribution in [0.5, 0.6) is 0 Å². The van der Waals surface area contributed by atoms with Gasteiger partial charge in [-0.15, -0.1) is 0 Å². The van der Waals surface area contributed by atoms with Crippen LogP contribution in [0.25, 0.3) is 0 Å². The molecule has 6 nitrogen and oxygen atoms in total. The Morgan fingerprint density at radius 1 is 1.00 bits per heavy atom. The maximum Gasteiger partial charge on any atom is 0.302 e. The molecule has 1 heterocycles. The van der Waals surface area contributed by atoms with E-state index in [1.54, 1.807) is 0 Å². The number of esters is 2. The number of hydrogen-bond donors (Lipinski definition) is 0. The maximum absolute atomic E-state index is 11.3. The molecule has 1 unspecified atom stereocenters. The maximum atomic E-state index is 11.3. The Morgan fingerprint density at radius 3 is 2.11 bits per heavy atom. The molecule has 1 aliphatic rings. The van der Waals surface area contributed by atoms with Gasteiger partial charge in [0.25, 0.3) is 0 Å². The van der Waals surface area contributed by atoms with Gasteiger partial charge in [0.1, 0.15) is 6.10 Å². The zero-order valence-electron chi connectivity index (χ0n) is 17.4. The van der Waals surface area contributed by atoms with Crippen LogP contribution in [0.3, 0.4) is 0 Å². The number of carbonyl (C=O) groups is 2. The first kappa shape index (κ1) is 23.0. The van der Waals surface area contributed by atoms with Crippen molar-refractivity contribution in [3.8, 4) is 0 Å². The molecule has 0 spiro atoms. The Labute approximate surface area is 163 Å². The SMILES string of the molecule is CC.CC(=O)OCCC(CN1CCN(c2ccc(C)cc2)CC1)OC(C)=O. The van der Waals surface area contributed by atoms with Gasteiger partial charge in [-0.05, 0) is 19.1 Å². The fraction of sp³-hybridized carbons (Fsp3) is 0.619. The molecule has 1 saturated heterocycles. The van der Waals surface area contributed by atoms with Crippen molar-refractivity contribution in [3.05, 3.63) is 29.8 Å². The third-order valence-corrected chi connectivity index (χ3v) is 4.31. The number of carbonyl (C=O) groups excluding carboxylic acids is 2. The first-order chi connectivity index (χ1) is 12.9. The standard InChI is InChI=1S/C19H28N2O4.C2H6/c1-15-4-6-18(7-5-15)21-11-9-20(10-12-21)14-19(25-17(3)23)8-13-24-16(2)22;1-2/h4-7,19H,8-14H2,1-3H3;1-2H3. The monoisotopic (exact) mass is 378 g/mol. The Kier molecular flexibility index (Phi) is 10.5. The first-order valence-electron chi connectivity index (χ1n) is 9.78. The largest absolute Gasteiger partial charge is 0.466 e. The van der Waals surface area contributed by atoms with Crippen molar-refractivity contribution in [2.75, 3.05) is 44.2 Å². The van der Waals surface area contributed by atoms with E-state index >= 15 is 0 Å². The normalized spacial score (nSPS) is 15.4. The predicted molar refractivity (Wildman–Crippen MR) is 108 cm³/mol. The van der Waals surface area contributed by atoms with Crippen LogP contribution < -0.4 is 4.90 Å². The molecule has 2 rings (SSSR count). The van der Waals surface area contributed by atoms with Crippen molar-refractivity contribution >= 4 is 17.6 Å². The molecule has 1 aromatic carbocycles. The van der Waals surface area contributed by atoms with Crippen molar-refractivity contribution in [3.63, 3.8) is 0 Å². The molecule has 1 aromatic rings. The second-order valence-electron chi connectivity index (χ2n) is 6.48. The Morgan fingerprint density at radius 2 is 1.59 bits per heavy atom. The average molecular weight is 379 g/mol. The van der Waals surface area contributed by atoms with E-state index in [2.05, 4.69) is 41.0 Å². The lowest BCUT2D eigenvalue weighted by atomic mass is 10.2. The van der Waals surface area contributed by atoms with Gasteiger partial charge in [-0.25, -0.2) is 0 Å². The second kappa shape index (κ2) is 12.3. The average Bonchev–Trinajstić information content (AvgIpc) is 2.64. The van der Waals surface area contributed by atoms with Crippen molar-refractivity contribution in [2.24, 2.45) is 0 Å². The third kappa shape index (κ3) is 8.91. The fourth-order valence-electron chi connectivity index (χ4n) is 2.99. The molecular formula is C21H34N2O4. The second-order valence-corrected chi connectivity index (χ2v) is 6.48. The number of anilines is 1. The van der Waals surface area contributed by atoms with Crippen molar-refractivity contribution in [1.82, 2.24) is 4.90 Å². The molecule has 0 bridgehead atoms. The molecule has 1 aliphatic heterocycles. The summed E-state index contributed by atoms with van der Waals surface area (Å²) in [5.74, 6) is -0.612. The number of ether oxygens (including phenoxy) is 2. The summed E-state index contributed by atoms with van der Waals surface area (Å²) in [5, 5.41) is 0. The summed E-state index contributed by atoms with van der Waals surface area (Å²) in [6, 6.07) is 8.58. The summed E-state index contributed by atoms with van der Waals surface area (Å²) in [7, 11) is 0. The minimum absolute atomic E-state index is 0.247. The number of benzene rings is 1. The van der Waals surface area contributed by atoms with Crippen molar-refractivity contribution < 1.29 is 19.1 Å². The van der Waals surface area contributed by atoms with E-state index in [9.17, 15) is 9.59 Å². The highest BCUT2D eigenvalue weighted by Crippen LogP contribution is 2.17. The first-order valence-corrected chi connectivity index (χ1v) is 9.78. The lowest BCUT2D eigenvalue weighted by molar-refractivity contribution is -0.149. The van der Waals surface area contributed by atoms with Crippen LogP contribution in [0.4, 0.5) is 5.69 Å². The molecule has 0 aromatic heterocycles. The summed E-state index contributed by atoms with van der Waals surface area (Å²) in [4.78, 5) is 26.9. The molecule has 0 N–H and O–H groups in total. The minimum atomic E-state index is -0.312. The molecule has 1 atom stereocenters. The molecular weight excluding hydrogens is 344 g/mol. The van der Waals surface area contributed by atoms with Crippen LogP contribution in [0.2, 0.25) is 0 Å². The smallest absolute Gasteiger partial charge is 0.302 e. The summed E-state index contributed by atoms with van der Waals surface area (Å²) in [6.45, 7) is 13.5. The molecule has 0 radical (unpaired) electrons. The fourth-order valence-corrected chi connectivity index (χ4v) is 2.99. The molecule has 0 aliphatic carbocycles. The van der Waals surface area contributed by atoms with E-state index in [1.165, 1.54) is 25.1 Å². The number of nitrogens with zero attached hydrogens (tertiary/aromatic N) is 2. The highest BCUT2D eigenvalue weighted by molar-refractivity contribution is 5.66.